The van der Waals surface area contributed by atoms with Crippen molar-refractivity contribution in [1.29, 1.82) is 0 Å². The first-order chi connectivity index (χ1) is 12.6. The average molecular weight is 353 g/mol. The number of anilines is 1. The summed E-state index contributed by atoms with van der Waals surface area (Å²) in [6.45, 7) is 3.90. The van der Waals surface area contributed by atoms with Gasteiger partial charge in [-0.2, -0.15) is 4.68 Å². The number of aryl methyl sites for hydroxylation is 1. The van der Waals surface area contributed by atoms with Crippen LogP contribution in [-0.4, -0.2) is 32.3 Å². The van der Waals surface area contributed by atoms with Crippen LogP contribution >= 0.6 is 0 Å². The van der Waals surface area contributed by atoms with Crippen LogP contribution in [0.2, 0.25) is 0 Å². The summed E-state index contributed by atoms with van der Waals surface area (Å²) in [5.41, 5.74) is 3.39. The average Bonchev–Trinajstić information content (AvgIpc) is 3.09. The molecule has 1 aromatic heterocycles. The lowest BCUT2D eigenvalue weighted by molar-refractivity contribution is -0.146. The molecule has 1 fully saturated rings. The highest BCUT2D eigenvalue weighted by Crippen LogP contribution is 2.35. The van der Waals surface area contributed by atoms with Crippen molar-refractivity contribution in [2.24, 2.45) is 0 Å². The Morgan fingerprint density at radius 1 is 1.23 bits per heavy atom. The van der Waals surface area contributed by atoms with Crippen molar-refractivity contribution in [3.8, 4) is 0 Å². The zero-order chi connectivity index (χ0) is 18.1. The number of nitrogens with zero attached hydrogens (tertiary/aromatic N) is 4. The number of hydrogen-bond donors (Lipinski definition) is 1. The first-order valence-electron chi connectivity index (χ1n) is 9.16. The normalized spacial score (nSPS) is 20.5. The third-order valence-electron chi connectivity index (χ3n) is 5.12. The molecule has 0 saturated heterocycles. The lowest BCUT2D eigenvalue weighted by Crippen LogP contribution is -2.32. The Hall–Kier alpha value is -2.70. The molecule has 136 valence electrons. The van der Waals surface area contributed by atoms with Gasteiger partial charge in [0.2, 0.25) is 5.95 Å². The fourth-order valence-electron chi connectivity index (χ4n) is 3.82. The summed E-state index contributed by atoms with van der Waals surface area (Å²) < 4.78 is 7.51. The van der Waals surface area contributed by atoms with Crippen molar-refractivity contribution in [1.82, 2.24) is 20.2 Å². The molecule has 1 N–H and O–H groups in total. The Balaban J connectivity index is 1.71. The molecule has 2 aromatic rings. The van der Waals surface area contributed by atoms with Gasteiger partial charge in [-0.05, 0) is 55.5 Å². The number of esters is 1. The summed E-state index contributed by atoms with van der Waals surface area (Å²) in [5.74, 6) is 0.248. The Bertz CT molecular complexity index is 851. The van der Waals surface area contributed by atoms with Gasteiger partial charge in [-0.25, -0.2) is 4.79 Å². The molecule has 1 aromatic carbocycles. The second-order valence-electron chi connectivity index (χ2n) is 7.09. The molecule has 7 nitrogen and oxygen atoms in total. The number of carbonyl (C=O) groups excluding carboxylic acids is 1. The van der Waals surface area contributed by atoms with Crippen molar-refractivity contribution in [2.75, 3.05) is 5.32 Å². The van der Waals surface area contributed by atoms with Crippen LogP contribution in [-0.2, 0) is 9.53 Å². The topological polar surface area (TPSA) is 81.9 Å². The molecule has 1 unspecified atom stereocenters. The van der Waals surface area contributed by atoms with E-state index in [1.54, 1.807) is 4.68 Å². The van der Waals surface area contributed by atoms with Gasteiger partial charge in [0.05, 0.1) is 5.57 Å². The Morgan fingerprint density at radius 3 is 2.81 bits per heavy atom. The lowest BCUT2D eigenvalue weighted by atomic mass is 9.94. The first kappa shape index (κ1) is 16.8. The molecule has 1 aliphatic heterocycles. The maximum Gasteiger partial charge on any atom is 0.338 e. The van der Waals surface area contributed by atoms with E-state index >= 15 is 0 Å². The van der Waals surface area contributed by atoms with Crippen molar-refractivity contribution < 1.29 is 9.53 Å². The minimum absolute atomic E-state index is 0.00461. The van der Waals surface area contributed by atoms with E-state index in [0.717, 1.165) is 42.5 Å². The smallest absolute Gasteiger partial charge is 0.338 e. The highest BCUT2D eigenvalue weighted by Gasteiger charge is 2.36. The monoisotopic (exact) mass is 353 g/mol. The maximum atomic E-state index is 13.1. The van der Waals surface area contributed by atoms with E-state index in [1.807, 2.05) is 32.0 Å². The minimum Gasteiger partial charge on any atom is -0.459 e. The number of fused-ring (bicyclic) bond motifs is 1. The van der Waals surface area contributed by atoms with Crippen molar-refractivity contribution >= 4 is 11.9 Å². The third kappa shape index (κ3) is 3.09. The van der Waals surface area contributed by atoms with Crippen molar-refractivity contribution in [3.63, 3.8) is 0 Å². The summed E-state index contributed by atoms with van der Waals surface area (Å²) in [6.07, 6.45) is 5.34. The van der Waals surface area contributed by atoms with Crippen LogP contribution < -0.4 is 5.32 Å². The number of tetrazole rings is 1. The lowest BCUT2D eigenvalue weighted by Gasteiger charge is -2.29. The molecular weight excluding hydrogens is 330 g/mol. The van der Waals surface area contributed by atoms with Gasteiger partial charge >= 0.3 is 5.97 Å². The van der Waals surface area contributed by atoms with E-state index in [2.05, 4.69) is 26.9 Å². The van der Waals surface area contributed by atoms with Crippen molar-refractivity contribution in [2.45, 2.75) is 58.1 Å². The fraction of sp³-hybridized carbons (Fsp3) is 0.474. The minimum atomic E-state index is -0.391. The standard InChI is InChI=1S/C19H23N5O2/c1-12-7-6-8-14(11-12)17-16(13(2)20-19-21-22-23-24(17)19)18(25)26-15-9-4-3-5-10-15/h6-8,11,15,17H,3-5,9-10H2,1-2H3,(H,20,21,23). The summed E-state index contributed by atoms with van der Waals surface area (Å²) in [4.78, 5) is 13.1. The van der Waals surface area contributed by atoms with Crippen LogP contribution in [0.1, 0.15) is 56.2 Å². The number of hydrogen-bond acceptors (Lipinski definition) is 6. The van der Waals surface area contributed by atoms with Crippen LogP contribution in [0.25, 0.3) is 0 Å². The Morgan fingerprint density at radius 2 is 2.04 bits per heavy atom. The number of carbonyl (C=O) groups is 1. The molecule has 0 bridgehead atoms. The quantitative estimate of drug-likeness (QED) is 0.854. The number of benzene rings is 1. The largest absolute Gasteiger partial charge is 0.459 e. The van der Waals surface area contributed by atoms with Gasteiger partial charge < -0.3 is 10.1 Å². The van der Waals surface area contributed by atoms with Gasteiger partial charge in [-0.15, -0.1) is 0 Å². The van der Waals surface area contributed by atoms with Gasteiger partial charge in [0.15, 0.2) is 0 Å². The molecule has 0 amide bonds. The van der Waals surface area contributed by atoms with Crippen molar-refractivity contribution in [3.05, 3.63) is 46.7 Å². The zero-order valence-corrected chi connectivity index (χ0v) is 15.1. The third-order valence-corrected chi connectivity index (χ3v) is 5.12. The summed E-state index contributed by atoms with van der Waals surface area (Å²) in [6, 6.07) is 7.67. The highest BCUT2D eigenvalue weighted by atomic mass is 16.5. The van der Waals surface area contributed by atoms with Crippen LogP contribution in [0.15, 0.2) is 35.5 Å². The molecule has 1 saturated carbocycles. The summed E-state index contributed by atoms with van der Waals surface area (Å²) in [7, 11) is 0. The van der Waals surface area contributed by atoms with Crippen LogP contribution in [0, 0.1) is 6.92 Å². The number of rotatable bonds is 3. The van der Waals surface area contributed by atoms with Gasteiger partial charge in [0, 0.05) is 5.70 Å². The molecule has 1 atom stereocenters. The van der Waals surface area contributed by atoms with E-state index in [9.17, 15) is 4.79 Å². The molecule has 0 radical (unpaired) electrons. The van der Waals surface area contributed by atoms with Gasteiger partial charge in [-0.3, -0.25) is 0 Å². The second-order valence-corrected chi connectivity index (χ2v) is 7.09. The van der Waals surface area contributed by atoms with E-state index in [1.165, 1.54) is 6.42 Å². The highest BCUT2D eigenvalue weighted by molar-refractivity contribution is 5.92. The molecule has 4 rings (SSSR count). The fourth-order valence-corrected chi connectivity index (χ4v) is 3.82. The molecule has 7 heteroatoms. The van der Waals surface area contributed by atoms with Crippen LogP contribution in [0.3, 0.4) is 0 Å². The van der Waals surface area contributed by atoms with E-state index in [0.29, 0.717) is 11.5 Å². The Labute approximate surface area is 152 Å². The van der Waals surface area contributed by atoms with Gasteiger partial charge in [0.25, 0.3) is 0 Å². The van der Waals surface area contributed by atoms with Gasteiger partial charge in [-0.1, -0.05) is 41.3 Å². The number of aromatic nitrogens is 4. The van der Waals surface area contributed by atoms with E-state index < -0.39 is 6.04 Å². The molecular formula is C19H23N5O2. The molecule has 2 aliphatic rings. The van der Waals surface area contributed by atoms with E-state index in [-0.39, 0.29) is 12.1 Å². The molecule has 0 spiro atoms. The Kier molecular flexibility index (Phi) is 4.44. The maximum absolute atomic E-state index is 13.1. The zero-order valence-electron chi connectivity index (χ0n) is 15.1. The van der Waals surface area contributed by atoms with Gasteiger partial charge in [0.1, 0.15) is 12.1 Å². The second kappa shape index (κ2) is 6.90. The summed E-state index contributed by atoms with van der Waals surface area (Å²) in [5, 5.41) is 15.0. The predicted molar refractivity (Wildman–Crippen MR) is 96.4 cm³/mol. The molecule has 26 heavy (non-hydrogen) atoms. The van der Waals surface area contributed by atoms with E-state index in [4.69, 9.17) is 4.74 Å². The predicted octanol–water partition coefficient (Wildman–Crippen LogP) is 3.15. The first-order valence-corrected chi connectivity index (χ1v) is 9.16. The number of ether oxygens (including phenoxy) is 1. The number of allylic oxidation sites excluding steroid dienone is 1. The molecule has 2 heterocycles. The molecule has 1 aliphatic carbocycles. The van der Waals surface area contributed by atoms with Crippen LogP contribution in [0.4, 0.5) is 5.95 Å². The van der Waals surface area contributed by atoms with Crippen LogP contribution in [0.5, 0.6) is 0 Å². The SMILES string of the molecule is CC1=C(C(=O)OC2CCCCC2)C(c2cccc(C)c2)n2nnnc2N1. The summed E-state index contributed by atoms with van der Waals surface area (Å²) >= 11 is 0. The number of nitrogens with one attached hydrogen (secondary N) is 1.